The van der Waals surface area contributed by atoms with Crippen molar-refractivity contribution < 1.29 is 38.3 Å². The van der Waals surface area contributed by atoms with E-state index in [2.05, 4.69) is 31.4 Å². The first-order chi connectivity index (χ1) is 25.5. The fraction of sp³-hybridized carbons (Fsp3) is 0.486. The van der Waals surface area contributed by atoms with E-state index < -0.39 is 47.8 Å². The number of alkyl carbamates (subject to hydrolysis) is 1. The molecule has 10 N–H and O–H groups in total. The van der Waals surface area contributed by atoms with Gasteiger partial charge in [-0.3, -0.25) is 15.0 Å². The summed E-state index contributed by atoms with van der Waals surface area (Å²) in [7, 11) is 0. The van der Waals surface area contributed by atoms with Gasteiger partial charge in [0.1, 0.15) is 23.4 Å². The molecule has 0 aliphatic rings. The summed E-state index contributed by atoms with van der Waals surface area (Å²) in [5.74, 6) is -0.996. The summed E-state index contributed by atoms with van der Waals surface area (Å²) in [6, 6.07) is 10.7. The van der Waals surface area contributed by atoms with Crippen molar-refractivity contribution in [3.63, 3.8) is 0 Å². The number of guanidine groups is 1. The van der Waals surface area contributed by atoms with Crippen LogP contribution in [0.3, 0.4) is 0 Å². The standard InChI is InChI=1S/C37H53N9O8/c1-22-18-25(47)19-23(2)26(22)21-28(44-32(49)29(52-35(40)50)15-11-17-41-34(38)39)31(48)43-27(14-9-10-16-42-36(51)53-37(3,4)5)33-45-30(46-54-33)20-24-12-7-6-8-13-24/h6-8,12-13,18-19,27-29,47H,9-11,14-17,20-21H2,1-5H3,(H2,40,50)(H,42,51)(H,43,48)(H,44,49)(H4,38,39,41)/t27-,28-,29+/m1/s1. The van der Waals surface area contributed by atoms with Gasteiger partial charge in [-0.15, -0.1) is 0 Å². The van der Waals surface area contributed by atoms with Crippen molar-refractivity contribution in [3.8, 4) is 5.75 Å². The zero-order chi connectivity index (χ0) is 39.8. The maximum atomic E-state index is 14.2. The van der Waals surface area contributed by atoms with Crippen molar-refractivity contribution in [3.05, 3.63) is 76.4 Å². The Kier molecular flexibility index (Phi) is 16.1. The van der Waals surface area contributed by atoms with Gasteiger partial charge in [0.05, 0.1) is 0 Å². The van der Waals surface area contributed by atoms with Crippen molar-refractivity contribution in [1.29, 1.82) is 5.41 Å². The molecule has 3 atom stereocenters. The van der Waals surface area contributed by atoms with Crippen LogP contribution in [-0.4, -0.2) is 76.0 Å². The van der Waals surface area contributed by atoms with Crippen LogP contribution in [-0.2, 0) is 31.9 Å². The lowest BCUT2D eigenvalue weighted by Crippen LogP contribution is -2.52. The molecule has 0 spiro atoms. The van der Waals surface area contributed by atoms with Crippen molar-refractivity contribution in [2.75, 3.05) is 13.1 Å². The molecule has 294 valence electrons. The zero-order valence-electron chi connectivity index (χ0n) is 31.5. The molecule has 0 bridgehead atoms. The van der Waals surface area contributed by atoms with Gasteiger partial charge in [0.25, 0.3) is 5.91 Å². The van der Waals surface area contributed by atoms with Gasteiger partial charge in [-0.25, -0.2) is 9.59 Å². The number of nitrogens with two attached hydrogens (primary N) is 2. The molecule has 0 saturated heterocycles. The van der Waals surface area contributed by atoms with Crippen LogP contribution < -0.4 is 32.7 Å². The van der Waals surface area contributed by atoms with Crippen LogP contribution in [0.4, 0.5) is 9.59 Å². The molecule has 3 aromatic rings. The van der Waals surface area contributed by atoms with E-state index in [1.807, 2.05) is 30.3 Å². The molecule has 1 aromatic heterocycles. The average Bonchev–Trinajstić information content (AvgIpc) is 3.53. The van der Waals surface area contributed by atoms with Gasteiger partial charge < -0.3 is 51.8 Å². The Morgan fingerprint density at radius 3 is 2.22 bits per heavy atom. The highest BCUT2D eigenvalue weighted by Gasteiger charge is 2.31. The molecule has 0 fully saturated rings. The second-order valence-electron chi connectivity index (χ2n) is 13.9. The van der Waals surface area contributed by atoms with E-state index in [0.717, 1.165) is 5.56 Å². The molecule has 0 aliphatic carbocycles. The molecule has 0 aliphatic heterocycles. The highest BCUT2D eigenvalue weighted by atomic mass is 16.6. The van der Waals surface area contributed by atoms with Crippen LogP contribution >= 0.6 is 0 Å². The number of phenolic OH excluding ortho intramolecular Hbond substituents is 1. The topological polar surface area (TPSA) is 270 Å². The maximum absolute atomic E-state index is 14.2. The second-order valence-corrected chi connectivity index (χ2v) is 13.9. The predicted molar refractivity (Wildman–Crippen MR) is 199 cm³/mol. The molecule has 0 unspecified atom stereocenters. The number of nitrogens with zero attached hydrogens (tertiary/aromatic N) is 2. The number of aromatic nitrogens is 2. The third kappa shape index (κ3) is 15.0. The Labute approximate surface area is 314 Å². The summed E-state index contributed by atoms with van der Waals surface area (Å²) < 4.78 is 16.1. The lowest BCUT2D eigenvalue weighted by atomic mass is 9.95. The number of rotatable bonds is 19. The summed E-state index contributed by atoms with van der Waals surface area (Å²) in [6.07, 6.45) is -0.959. The molecule has 0 radical (unpaired) electrons. The van der Waals surface area contributed by atoms with E-state index in [1.165, 1.54) is 0 Å². The minimum absolute atomic E-state index is 0.0142. The average molecular weight is 752 g/mol. The molecular formula is C37H53N9O8. The number of aromatic hydroxyl groups is 1. The van der Waals surface area contributed by atoms with Crippen LogP contribution in [0.1, 0.15) is 92.9 Å². The van der Waals surface area contributed by atoms with Gasteiger partial charge in [0.15, 0.2) is 17.9 Å². The first kappa shape index (κ1) is 42.5. The number of ether oxygens (including phenoxy) is 2. The number of amides is 4. The quantitative estimate of drug-likeness (QED) is 0.0498. The number of unbranched alkanes of at least 4 members (excludes halogenated alkanes) is 1. The van der Waals surface area contributed by atoms with Gasteiger partial charge in [-0.1, -0.05) is 35.5 Å². The molecule has 0 saturated carbocycles. The van der Waals surface area contributed by atoms with Crippen LogP contribution in [0.25, 0.3) is 0 Å². The van der Waals surface area contributed by atoms with Gasteiger partial charge in [-0.05, 0) is 101 Å². The predicted octanol–water partition coefficient (Wildman–Crippen LogP) is 3.29. The van der Waals surface area contributed by atoms with Crippen LogP contribution in [0.15, 0.2) is 47.0 Å². The number of hydrogen-bond donors (Lipinski definition) is 8. The first-order valence-electron chi connectivity index (χ1n) is 17.8. The highest BCUT2D eigenvalue weighted by Crippen LogP contribution is 2.24. The second kappa shape index (κ2) is 20.4. The number of carbonyl (C=O) groups excluding carboxylic acids is 4. The van der Waals surface area contributed by atoms with Crippen molar-refractivity contribution >= 4 is 30.0 Å². The fourth-order valence-corrected chi connectivity index (χ4v) is 5.63. The number of aryl methyl sites for hydroxylation is 2. The fourth-order valence-electron chi connectivity index (χ4n) is 5.63. The maximum Gasteiger partial charge on any atom is 0.407 e. The number of carbonyl (C=O) groups is 4. The third-order valence-corrected chi connectivity index (χ3v) is 8.12. The number of primary amides is 1. The molecule has 54 heavy (non-hydrogen) atoms. The lowest BCUT2D eigenvalue weighted by molar-refractivity contribution is -0.134. The molecule has 17 nitrogen and oxygen atoms in total. The van der Waals surface area contributed by atoms with Gasteiger partial charge >= 0.3 is 12.2 Å². The van der Waals surface area contributed by atoms with E-state index >= 15 is 0 Å². The van der Waals surface area contributed by atoms with E-state index in [9.17, 15) is 24.3 Å². The smallest absolute Gasteiger partial charge is 0.407 e. The molecule has 2 aromatic carbocycles. The molecular weight excluding hydrogens is 698 g/mol. The molecule has 17 heteroatoms. The van der Waals surface area contributed by atoms with E-state index in [4.69, 9.17) is 30.9 Å². The SMILES string of the molecule is Cc1cc(O)cc(C)c1C[C@@H](NC(=O)[C@H](CCCNC(=N)N)OC(N)=O)C(=O)N[C@H](CCCCNC(=O)OC(C)(C)C)c1nc(Cc2ccccc2)no1. The molecule has 1 heterocycles. The minimum atomic E-state index is -1.35. The Morgan fingerprint density at radius 1 is 0.926 bits per heavy atom. The summed E-state index contributed by atoms with van der Waals surface area (Å²) >= 11 is 0. The minimum Gasteiger partial charge on any atom is -0.508 e. The van der Waals surface area contributed by atoms with Crippen molar-refractivity contribution in [2.45, 2.75) is 103 Å². The Morgan fingerprint density at radius 2 is 1.59 bits per heavy atom. The summed E-state index contributed by atoms with van der Waals surface area (Å²) in [6.45, 7) is 9.42. The number of hydrogen-bond acceptors (Lipinski definition) is 11. The molecule has 3 rings (SSSR count). The van der Waals surface area contributed by atoms with Crippen LogP contribution in [0.5, 0.6) is 5.75 Å². The van der Waals surface area contributed by atoms with Crippen LogP contribution in [0.2, 0.25) is 0 Å². The molecule has 4 amide bonds. The number of benzene rings is 2. The summed E-state index contributed by atoms with van der Waals surface area (Å²) in [4.78, 5) is 56.3. The number of nitrogens with one attached hydrogen (secondary N) is 5. The largest absolute Gasteiger partial charge is 0.508 e. The van der Waals surface area contributed by atoms with Crippen molar-refractivity contribution in [1.82, 2.24) is 31.4 Å². The highest BCUT2D eigenvalue weighted by molar-refractivity contribution is 5.90. The van der Waals surface area contributed by atoms with Gasteiger partial charge in [-0.2, -0.15) is 4.98 Å². The Balaban J connectivity index is 1.87. The van der Waals surface area contributed by atoms with Crippen LogP contribution in [0, 0.1) is 19.3 Å². The normalized spacial score (nSPS) is 12.8. The summed E-state index contributed by atoms with van der Waals surface area (Å²) in [5, 5.41) is 32.7. The van der Waals surface area contributed by atoms with E-state index in [0.29, 0.717) is 54.7 Å². The zero-order valence-corrected chi connectivity index (χ0v) is 31.5. The third-order valence-electron chi connectivity index (χ3n) is 8.12. The first-order valence-corrected chi connectivity index (χ1v) is 17.8. The van der Waals surface area contributed by atoms with E-state index in [-0.39, 0.29) is 43.4 Å². The Hall–Kier alpha value is -5.87. The van der Waals surface area contributed by atoms with Gasteiger partial charge in [0, 0.05) is 25.9 Å². The Bertz CT molecular complexity index is 1700. The van der Waals surface area contributed by atoms with Gasteiger partial charge in [0.2, 0.25) is 11.8 Å². The van der Waals surface area contributed by atoms with Crippen molar-refractivity contribution in [2.24, 2.45) is 11.5 Å². The monoisotopic (exact) mass is 751 g/mol. The van der Waals surface area contributed by atoms with E-state index in [1.54, 1.807) is 46.8 Å². The number of phenols is 1. The lowest BCUT2D eigenvalue weighted by Gasteiger charge is -2.25. The summed E-state index contributed by atoms with van der Waals surface area (Å²) in [5.41, 5.74) is 13.0.